The van der Waals surface area contributed by atoms with Crippen LogP contribution in [0.2, 0.25) is 0 Å². The molecule has 0 spiro atoms. The fourth-order valence-electron chi connectivity index (χ4n) is 2.64. The first-order valence-electron chi connectivity index (χ1n) is 10.4. The summed E-state index contributed by atoms with van der Waals surface area (Å²) in [6.07, 6.45) is 19.4. The molecule has 0 heterocycles. The Kier molecular flexibility index (Phi) is 32.7. The maximum atomic E-state index is 10.2. The van der Waals surface area contributed by atoms with E-state index in [2.05, 4.69) is 6.92 Å². The third-order valence-corrected chi connectivity index (χ3v) is 3.98. The van der Waals surface area contributed by atoms with Crippen molar-refractivity contribution in [1.82, 2.24) is 0 Å². The first kappa shape index (κ1) is 30.4. The first-order chi connectivity index (χ1) is 11.5. The SMILES string of the molecule is CC(C)[O-].CCCCCCCCCCCCCCCCCC(=O)[O-].[Ca+2]. The summed E-state index contributed by atoms with van der Waals surface area (Å²) in [6, 6.07) is 0. The minimum Gasteiger partial charge on any atom is -0.852 e. The molecule has 0 aromatic rings. The van der Waals surface area contributed by atoms with E-state index in [0.717, 1.165) is 12.8 Å². The second kappa shape index (κ2) is 26.9. The molecule has 0 saturated carbocycles. The zero-order valence-corrected chi connectivity index (χ0v) is 19.5. The molecule has 25 heavy (non-hydrogen) atoms. The van der Waals surface area contributed by atoms with Gasteiger partial charge >= 0.3 is 37.7 Å². The number of carboxylic acids is 1. The quantitative estimate of drug-likeness (QED) is 0.294. The zero-order chi connectivity index (χ0) is 18.5. The number of carbonyl (C=O) groups is 1. The molecule has 146 valence electrons. The van der Waals surface area contributed by atoms with E-state index in [-0.39, 0.29) is 44.2 Å². The number of aliphatic carboxylic acids is 1. The van der Waals surface area contributed by atoms with Gasteiger partial charge < -0.3 is 15.0 Å². The van der Waals surface area contributed by atoms with E-state index in [0.29, 0.717) is 0 Å². The first-order valence-corrected chi connectivity index (χ1v) is 10.4. The van der Waals surface area contributed by atoms with Crippen molar-refractivity contribution in [2.45, 2.75) is 130 Å². The second-order valence-corrected chi connectivity index (χ2v) is 7.12. The van der Waals surface area contributed by atoms with Gasteiger partial charge in [-0.15, -0.1) is 6.10 Å². The summed E-state index contributed by atoms with van der Waals surface area (Å²) in [6.45, 7) is 5.49. The average molecular weight is 383 g/mol. The van der Waals surface area contributed by atoms with E-state index < -0.39 is 12.1 Å². The monoisotopic (exact) mass is 382 g/mol. The van der Waals surface area contributed by atoms with Crippen LogP contribution in [0.1, 0.15) is 124 Å². The molecule has 0 atom stereocenters. The van der Waals surface area contributed by atoms with Gasteiger partial charge in [0.1, 0.15) is 0 Å². The zero-order valence-electron chi connectivity index (χ0n) is 17.3. The molecule has 4 heteroatoms. The third-order valence-electron chi connectivity index (χ3n) is 3.98. The molecule has 0 aromatic carbocycles. The van der Waals surface area contributed by atoms with E-state index in [1.54, 1.807) is 13.8 Å². The topological polar surface area (TPSA) is 63.2 Å². The fraction of sp³-hybridized carbons (Fsp3) is 0.952. The molecule has 0 rings (SSSR count). The largest absolute Gasteiger partial charge is 2.00 e. The second-order valence-electron chi connectivity index (χ2n) is 7.12. The number of carbonyl (C=O) groups excluding carboxylic acids is 1. The van der Waals surface area contributed by atoms with Crippen molar-refractivity contribution >= 4 is 43.7 Å². The van der Waals surface area contributed by atoms with Crippen molar-refractivity contribution < 1.29 is 15.0 Å². The van der Waals surface area contributed by atoms with Crippen molar-refractivity contribution in [3.63, 3.8) is 0 Å². The van der Waals surface area contributed by atoms with Gasteiger partial charge in [0.25, 0.3) is 0 Å². The number of rotatable bonds is 16. The Balaban J connectivity index is -0.000000867. The van der Waals surface area contributed by atoms with Crippen LogP contribution in [0.4, 0.5) is 0 Å². The van der Waals surface area contributed by atoms with Crippen molar-refractivity contribution in [3.05, 3.63) is 0 Å². The normalized spacial score (nSPS) is 10.1. The van der Waals surface area contributed by atoms with Crippen molar-refractivity contribution in [1.29, 1.82) is 0 Å². The molecule has 0 radical (unpaired) electrons. The third kappa shape index (κ3) is 40.6. The van der Waals surface area contributed by atoms with E-state index in [9.17, 15) is 15.0 Å². The maximum Gasteiger partial charge on any atom is 2.00 e. The van der Waals surface area contributed by atoms with Gasteiger partial charge in [0.2, 0.25) is 0 Å². The Morgan fingerprint density at radius 1 is 0.680 bits per heavy atom. The van der Waals surface area contributed by atoms with Gasteiger partial charge in [-0.3, -0.25) is 0 Å². The van der Waals surface area contributed by atoms with Gasteiger partial charge in [-0.1, -0.05) is 111 Å². The molecule has 0 aliphatic rings. The number of hydrogen-bond acceptors (Lipinski definition) is 3. The van der Waals surface area contributed by atoms with Crippen LogP contribution in [0.5, 0.6) is 0 Å². The Hall–Kier alpha value is 0.690. The summed E-state index contributed by atoms with van der Waals surface area (Å²) in [5.74, 6) is -0.903. The molecular formula is C21H42CaO3. The molecular weight excluding hydrogens is 340 g/mol. The van der Waals surface area contributed by atoms with Gasteiger partial charge in [-0.25, -0.2) is 0 Å². The molecule has 0 amide bonds. The molecule has 0 bridgehead atoms. The van der Waals surface area contributed by atoms with Crippen molar-refractivity contribution in [3.8, 4) is 0 Å². The van der Waals surface area contributed by atoms with E-state index in [4.69, 9.17) is 0 Å². The van der Waals surface area contributed by atoms with Crippen LogP contribution in [-0.2, 0) is 4.79 Å². The predicted octanol–water partition coefficient (Wildman–Crippen LogP) is 4.37. The van der Waals surface area contributed by atoms with Gasteiger partial charge in [0, 0.05) is 5.97 Å². The van der Waals surface area contributed by atoms with Crippen molar-refractivity contribution in [2.24, 2.45) is 0 Å². The molecule has 0 aliphatic heterocycles. The molecule has 0 aromatic heterocycles. The van der Waals surface area contributed by atoms with Crippen LogP contribution in [0.15, 0.2) is 0 Å². The minimum absolute atomic E-state index is 0. The van der Waals surface area contributed by atoms with Gasteiger partial charge in [-0.05, 0) is 12.8 Å². The van der Waals surface area contributed by atoms with E-state index in [1.165, 1.54) is 83.5 Å². The summed E-state index contributed by atoms with van der Waals surface area (Å²) in [7, 11) is 0. The summed E-state index contributed by atoms with van der Waals surface area (Å²) in [5.41, 5.74) is 0. The van der Waals surface area contributed by atoms with Crippen LogP contribution in [-0.4, -0.2) is 49.8 Å². The van der Waals surface area contributed by atoms with Crippen LogP contribution in [0.25, 0.3) is 0 Å². The summed E-state index contributed by atoms with van der Waals surface area (Å²) >= 11 is 0. The van der Waals surface area contributed by atoms with Crippen LogP contribution in [0, 0.1) is 0 Å². The van der Waals surface area contributed by atoms with Gasteiger partial charge in [-0.2, -0.15) is 0 Å². The molecule has 0 aliphatic carbocycles. The standard InChI is InChI=1S/C18H36O2.C3H7O.Ca/c1-2-3-4-5-6-7-8-9-10-11-12-13-14-15-16-17-18(19)20;1-3(2)4;/h2-17H2,1H3,(H,19,20);3H,1-2H3;/q;-1;+2/p-1. The summed E-state index contributed by atoms with van der Waals surface area (Å²) in [4.78, 5) is 10.2. The van der Waals surface area contributed by atoms with Crippen LogP contribution >= 0.6 is 0 Å². The van der Waals surface area contributed by atoms with Crippen LogP contribution in [0.3, 0.4) is 0 Å². The Morgan fingerprint density at radius 3 is 1.16 bits per heavy atom. The smallest absolute Gasteiger partial charge is 0.852 e. The average Bonchev–Trinajstić information content (AvgIpc) is 2.50. The molecule has 0 saturated heterocycles. The number of hydrogen-bond donors (Lipinski definition) is 0. The van der Waals surface area contributed by atoms with E-state index >= 15 is 0 Å². The molecule has 0 N–H and O–H groups in total. The number of unbranched alkanes of at least 4 members (excludes halogenated alkanes) is 14. The molecule has 3 nitrogen and oxygen atoms in total. The predicted molar refractivity (Wildman–Crippen MR) is 105 cm³/mol. The summed E-state index contributed by atoms with van der Waals surface area (Å²) < 4.78 is 0. The minimum atomic E-state index is -0.903. The van der Waals surface area contributed by atoms with Crippen LogP contribution < -0.4 is 10.2 Å². The summed E-state index contributed by atoms with van der Waals surface area (Å²) in [5, 5.41) is 19.7. The fourth-order valence-corrected chi connectivity index (χ4v) is 2.64. The number of carboxylic acid groups (broad SMARTS) is 1. The Labute approximate surface area is 187 Å². The van der Waals surface area contributed by atoms with Gasteiger partial charge in [0.05, 0.1) is 0 Å². The molecule has 0 fully saturated rings. The van der Waals surface area contributed by atoms with Crippen molar-refractivity contribution in [2.75, 3.05) is 0 Å². The maximum absolute atomic E-state index is 10.2. The Morgan fingerprint density at radius 2 is 0.920 bits per heavy atom. The Bertz CT molecular complexity index is 243. The van der Waals surface area contributed by atoms with E-state index in [1.807, 2.05) is 0 Å². The van der Waals surface area contributed by atoms with Gasteiger partial charge in [0.15, 0.2) is 0 Å². The molecule has 0 unspecified atom stereocenters.